The SMILES string of the molecule is C[C@@H](Nc1ccc(Cl)nn1)c1ccccc1. The van der Waals surface area contributed by atoms with Gasteiger partial charge in [-0.05, 0) is 24.6 Å². The lowest BCUT2D eigenvalue weighted by atomic mass is 10.1. The van der Waals surface area contributed by atoms with E-state index in [0.29, 0.717) is 5.15 Å². The van der Waals surface area contributed by atoms with E-state index >= 15 is 0 Å². The summed E-state index contributed by atoms with van der Waals surface area (Å²) in [4.78, 5) is 0. The third-order valence-corrected chi connectivity index (χ3v) is 2.50. The second-order valence-corrected chi connectivity index (χ2v) is 3.91. The van der Waals surface area contributed by atoms with Crippen LogP contribution in [0.3, 0.4) is 0 Å². The van der Waals surface area contributed by atoms with Crippen molar-refractivity contribution in [3.63, 3.8) is 0 Å². The molecule has 0 unspecified atom stereocenters. The first-order valence-electron chi connectivity index (χ1n) is 5.06. The zero-order chi connectivity index (χ0) is 11.4. The molecule has 0 fully saturated rings. The van der Waals surface area contributed by atoms with Crippen LogP contribution in [0.1, 0.15) is 18.5 Å². The van der Waals surface area contributed by atoms with Crippen LogP contribution in [-0.2, 0) is 0 Å². The van der Waals surface area contributed by atoms with Crippen LogP contribution in [0.25, 0.3) is 0 Å². The molecule has 0 amide bonds. The van der Waals surface area contributed by atoms with E-state index in [4.69, 9.17) is 11.6 Å². The molecule has 16 heavy (non-hydrogen) atoms. The van der Waals surface area contributed by atoms with Crippen molar-refractivity contribution >= 4 is 17.4 Å². The van der Waals surface area contributed by atoms with Gasteiger partial charge in [-0.15, -0.1) is 10.2 Å². The average Bonchev–Trinajstić information content (AvgIpc) is 2.33. The second kappa shape index (κ2) is 4.94. The summed E-state index contributed by atoms with van der Waals surface area (Å²) in [5.41, 5.74) is 1.21. The Morgan fingerprint density at radius 1 is 1.06 bits per heavy atom. The number of hydrogen-bond acceptors (Lipinski definition) is 3. The van der Waals surface area contributed by atoms with Gasteiger partial charge in [-0.3, -0.25) is 0 Å². The van der Waals surface area contributed by atoms with E-state index in [-0.39, 0.29) is 6.04 Å². The van der Waals surface area contributed by atoms with E-state index in [2.05, 4.69) is 34.6 Å². The second-order valence-electron chi connectivity index (χ2n) is 3.52. The largest absolute Gasteiger partial charge is 0.362 e. The Morgan fingerprint density at radius 3 is 2.44 bits per heavy atom. The zero-order valence-electron chi connectivity index (χ0n) is 8.89. The van der Waals surface area contributed by atoms with Crippen molar-refractivity contribution in [1.29, 1.82) is 0 Å². The van der Waals surface area contributed by atoms with E-state index in [1.165, 1.54) is 5.56 Å². The lowest BCUT2D eigenvalue weighted by molar-refractivity contribution is 0.861. The molecule has 82 valence electrons. The normalized spacial score (nSPS) is 12.1. The van der Waals surface area contributed by atoms with Gasteiger partial charge < -0.3 is 5.32 Å². The molecule has 1 aromatic carbocycles. The van der Waals surface area contributed by atoms with Gasteiger partial charge in [0.2, 0.25) is 0 Å². The zero-order valence-corrected chi connectivity index (χ0v) is 9.65. The van der Waals surface area contributed by atoms with Gasteiger partial charge in [0.15, 0.2) is 5.15 Å². The minimum atomic E-state index is 0.191. The quantitative estimate of drug-likeness (QED) is 0.884. The fourth-order valence-electron chi connectivity index (χ4n) is 1.44. The number of nitrogens with zero attached hydrogens (tertiary/aromatic N) is 2. The molecule has 0 saturated carbocycles. The number of halogens is 1. The Balaban J connectivity index is 2.08. The minimum Gasteiger partial charge on any atom is -0.362 e. The number of benzene rings is 1. The Labute approximate surface area is 99.5 Å². The fraction of sp³-hybridized carbons (Fsp3) is 0.167. The van der Waals surface area contributed by atoms with E-state index in [9.17, 15) is 0 Å². The van der Waals surface area contributed by atoms with E-state index in [1.54, 1.807) is 6.07 Å². The minimum absolute atomic E-state index is 0.191. The highest BCUT2D eigenvalue weighted by Gasteiger charge is 2.05. The molecular weight excluding hydrogens is 222 g/mol. The monoisotopic (exact) mass is 233 g/mol. The highest BCUT2D eigenvalue weighted by molar-refractivity contribution is 6.29. The van der Waals surface area contributed by atoms with Crippen LogP contribution in [-0.4, -0.2) is 10.2 Å². The number of rotatable bonds is 3. The Hall–Kier alpha value is -1.61. The third-order valence-electron chi connectivity index (χ3n) is 2.30. The van der Waals surface area contributed by atoms with Gasteiger partial charge in [0.25, 0.3) is 0 Å². The van der Waals surface area contributed by atoms with Gasteiger partial charge in [0, 0.05) is 6.04 Å². The summed E-state index contributed by atoms with van der Waals surface area (Å²) >= 11 is 5.66. The Bertz CT molecular complexity index is 442. The molecule has 1 atom stereocenters. The third kappa shape index (κ3) is 2.70. The summed E-state index contributed by atoms with van der Waals surface area (Å²) in [7, 11) is 0. The maximum absolute atomic E-state index is 5.66. The first-order valence-corrected chi connectivity index (χ1v) is 5.44. The van der Waals surface area contributed by atoms with Gasteiger partial charge in [-0.1, -0.05) is 41.9 Å². The smallest absolute Gasteiger partial charge is 0.151 e. The summed E-state index contributed by atoms with van der Waals surface area (Å²) in [6.45, 7) is 2.08. The number of nitrogens with one attached hydrogen (secondary N) is 1. The molecule has 0 radical (unpaired) electrons. The van der Waals surface area contributed by atoms with Crippen LogP contribution in [0.15, 0.2) is 42.5 Å². The van der Waals surface area contributed by atoms with Crippen molar-refractivity contribution in [2.24, 2.45) is 0 Å². The maximum atomic E-state index is 5.66. The van der Waals surface area contributed by atoms with Gasteiger partial charge in [0.05, 0.1) is 0 Å². The summed E-state index contributed by atoms with van der Waals surface area (Å²) in [5, 5.41) is 11.4. The molecule has 0 saturated heterocycles. The molecular formula is C12H12ClN3. The van der Waals surface area contributed by atoms with Crippen LogP contribution < -0.4 is 5.32 Å². The van der Waals surface area contributed by atoms with Crippen molar-refractivity contribution < 1.29 is 0 Å². The van der Waals surface area contributed by atoms with Gasteiger partial charge in [0.1, 0.15) is 5.82 Å². The number of hydrogen-bond donors (Lipinski definition) is 1. The highest BCUT2D eigenvalue weighted by atomic mass is 35.5. The number of aromatic nitrogens is 2. The molecule has 1 heterocycles. The summed E-state index contributed by atoms with van der Waals surface area (Å²) in [6, 6.07) is 13.9. The molecule has 2 rings (SSSR count). The van der Waals surface area contributed by atoms with Crippen molar-refractivity contribution in [2.75, 3.05) is 5.32 Å². The fourth-order valence-corrected chi connectivity index (χ4v) is 1.54. The van der Waals surface area contributed by atoms with Crippen LogP contribution in [0, 0.1) is 0 Å². The van der Waals surface area contributed by atoms with Crippen molar-refractivity contribution in [2.45, 2.75) is 13.0 Å². The average molecular weight is 234 g/mol. The molecule has 0 bridgehead atoms. The standard InChI is InChI=1S/C12H12ClN3/c1-9(10-5-3-2-4-6-10)14-12-8-7-11(13)15-16-12/h2-9H,1H3,(H,14,16)/t9-/m1/s1. The van der Waals surface area contributed by atoms with Crippen LogP contribution in [0.4, 0.5) is 5.82 Å². The van der Waals surface area contributed by atoms with Crippen molar-refractivity contribution in [3.8, 4) is 0 Å². The van der Waals surface area contributed by atoms with E-state index in [1.807, 2.05) is 24.3 Å². The molecule has 0 aliphatic heterocycles. The van der Waals surface area contributed by atoms with E-state index in [0.717, 1.165) is 5.82 Å². The summed E-state index contributed by atoms with van der Waals surface area (Å²) < 4.78 is 0. The van der Waals surface area contributed by atoms with Gasteiger partial charge in [-0.25, -0.2) is 0 Å². The molecule has 1 aromatic heterocycles. The first-order chi connectivity index (χ1) is 7.75. The van der Waals surface area contributed by atoms with E-state index < -0.39 is 0 Å². The van der Waals surface area contributed by atoms with Crippen LogP contribution in [0.2, 0.25) is 5.15 Å². The molecule has 0 aliphatic carbocycles. The molecule has 1 N–H and O–H groups in total. The van der Waals surface area contributed by atoms with Gasteiger partial charge >= 0.3 is 0 Å². The summed E-state index contributed by atoms with van der Waals surface area (Å²) in [6.07, 6.45) is 0. The molecule has 2 aromatic rings. The van der Waals surface area contributed by atoms with Gasteiger partial charge in [-0.2, -0.15) is 0 Å². The predicted molar refractivity (Wildman–Crippen MR) is 65.5 cm³/mol. The van der Waals surface area contributed by atoms with Crippen LogP contribution >= 0.6 is 11.6 Å². The molecule has 3 nitrogen and oxygen atoms in total. The molecule has 0 aliphatic rings. The predicted octanol–water partition coefficient (Wildman–Crippen LogP) is 3.30. The van der Waals surface area contributed by atoms with Crippen molar-refractivity contribution in [3.05, 3.63) is 53.2 Å². The van der Waals surface area contributed by atoms with Crippen LogP contribution in [0.5, 0.6) is 0 Å². The molecule has 4 heteroatoms. The first kappa shape index (κ1) is 10.9. The van der Waals surface area contributed by atoms with Crippen molar-refractivity contribution in [1.82, 2.24) is 10.2 Å². The Morgan fingerprint density at radius 2 is 1.81 bits per heavy atom. The topological polar surface area (TPSA) is 37.8 Å². The lowest BCUT2D eigenvalue weighted by Gasteiger charge is -2.14. The summed E-state index contributed by atoms with van der Waals surface area (Å²) in [5.74, 6) is 0.723. The highest BCUT2D eigenvalue weighted by Crippen LogP contribution is 2.17. The number of anilines is 1. The Kier molecular flexibility index (Phi) is 3.37. The molecule has 0 spiro atoms. The lowest BCUT2D eigenvalue weighted by Crippen LogP contribution is -2.08. The maximum Gasteiger partial charge on any atom is 0.151 e.